The van der Waals surface area contributed by atoms with Crippen molar-refractivity contribution in [3.63, 3.8) is 0 Å². The molecule has 65 heavy (non-hydrogen) atoms. The predicted molar refractivity (Wildman–Crippen MR) is 252 cm³/mol. The van der Waals surface area contributed by atoms with Crippen LogP contribution in [0.5, 0.6) is 0 Å². The fourth-order valence-corrected chi connectivity index (χ4v) is 8.91. The molecule has 0 aliphatic carbocycles. The second-order valence-electron chi connectivity index (χ2n) is 18.2. The number of aliphatic hydroxyl groups excluding tert-OH is 2. The van der Waals surface area contributed by atoms with Crippen molar-refractivity contribution in [2.45, 2.75) is 103 Å². The number of halogens is 2. The zero-order valence-electron chi connectivity index (χ0n) is 39.4. The monoisotopic (exact) mass is 1090 g/mol. The first kappa shape index (κ1) is 62.1. The summed E-state index contributed by atoms with van der Waals surface area (Å²) in [5, 5.41) is 18.6. The lowest BCUT2D eigenvalue weighted by molar-refractivity contribution is -0.178. The predicted octanol–water partition coefficient (Wildman–Crippen LogP) is 4.90. The molecule has 0 aromatic heterocycles. The molecule has 0 saturated carbocycles. The van der Waals surface area contributed by atoms with Gasteiger partial charge in [-0.05, 0) is 101 Å². The number of alkyl halides is 2. The maximum absolute atomic E-state index is 14.0. The standard InChI is InChI=1S/C44H68Br2O17P2/c1-14-16-57-36(54)43(10,45)24-40(7,33(51)62-28-64-12)22-38(3,4)31(49)60-26-42(9,35(53)59-19-18-56-21-30(48)20-47)27-61-32(50)39(5,6)23-41(8,34(52)63-29-65-13)25-44(11,46)37(55)58-17-15-2/h1-2,30,47-48,64-65H,16-29H2,3-13H3. The highest BCUT2D eigenvalue weighted by molar-refractivity contribution is 9.10. The number of aliphatic hydroxyl groups is 2. The molecule has 0 spiro atoms. The van der Waals surface area contributed by atoms with Crippen LogP contribution in [-0.4, -0.2) is 146 Å². The Morgan fingerprint density at radius 3 is 1.25 bits per heavy atom. The molecule has 0 aliphatic rings. The van der Waals surface area contributed by atoms with Crippen molar-refractivity contribution in [3.05, 3.63) is 0 Å². The molecule has 0 saturated heterocycles. The third-order valence-corrected chi connectivity index (χ3v) is 11.9. The highest BCUT2D eigenvalue weighted by atomic mass is 79.9. The van der Waals surface area contributed by atoms with Gasteiger partial charge in [0.1, 0.15) is 52.7 Å². The lowest BCUT2D eigenvalue weighted by atomic mass is 9.69. The smallest absolute Gasteiger partial charge is 0.323 e. The fourth-order valence-electron chi connectivity index (χ4n) is 6.90. The lowest BCUT2D eigenvalue weighted by Crippen LogP contribution is -2.47. The molecule has 21 heteroatoms. The summed E-state index contributed by atoms with van der Waals surface area (Å²) in [6, 6.07) is 0. The van der Waals surface area contributed by atoms with E-state index in [-0.39, 0.29) is 88.6 Å². The van der Waals surface area contributed by atoms with Gasteiger partial charge in [-0.2, -0.15) is 0 Å². The third kappa shape index (κ3) is 20.9. The van der Waals surface area contributed by atoms with Gasteiger partial charge in [0, 0.05) is 0 Å². The molecule has 0 aromatic rings. The number of hydrogen-bond acceptors (Lipinski definition) is 17. The minimum Gasteiger partial charge on any atom is -0.464 e. The van der Waals surface area contributed by atoms with E-state index in [0.29, 0.717) is 0 Å². The Morgan fingerprint density at radius 2 is 0.908 bits per heavy atom. The van der Waals surface area contributed by atoms with Crippen LogP contribution >= 0.6 is 49.0 Å². The van der Waals surface area contributed by atoms with Crippen LogP contribution in [0.1, 0.15) is 88.0 Å². The number of carbonyl (C=O) groups is 7. The number of carbonyl (C=O) groups excluding carboxylic acids is 7. The van der Waals surface area contributed by atoms with Crippen LogP contribution < -0.4 is 0 Å². The van der Waals surface area contributed by atoms with E-state index in [4.69, 9.17) is 55.8 Å². The summed E-state index contributed by atoms with van der Waals surface area (Å²) in [6.45, 7) is 13.8. The topological polar surface area (TPSA) is 234 Å². The summed E-state index contributed by atoms with van der Waals surface area (Å²) >= 11 is 6.74. The first-order valence-electron chi connectivity index (χ1n) is 20.5. The maximum atomic E-state index is 14.0. The Balaban J connectivity index is 6.72. The number of terminal acetylenes is 2. The lowest BCUT2D eigenvalue weighted by Gasteiger charge is -2.38. The van der Waals surface area contributed by atoms with E-state index in [1.807, 2.05) is 13.3 Å². The van der Waals surface area contributed by atoms with Crippen LogP contribution in [0, 0.1) is 51.8 Å². The molecule has 7 unspecified atom stereocenters. The summed E-state index contributed by atoms with van der Waals surface area (Å²) in [6.07, 6.45) is 8.78. The van der Waals surface area contributed by atoms with E-state index in [1.54, 1.807) is 13.8 Å². The Labute approximate surface area is 404 Å². The second kappa shape index (κ2) is 27.8. The summed E-state index contributed by atoms with van der Waals surface area (Å²) in [5.74, 6) is -1.11. The number of esters is 7. The summed E-state index contributed by atoms with van der Waals surface area (Å²) in [5.41, 5.74) is -7.74. The highest BCUT2D eigenvalue weighted by Gasteiger charge is 2.52. The highest BCUT2D eigenvalue weighted by Crippen LogP contribution is 2.46. The maximum Gasteiger partial charge on any atom is 0.323 e. The van der Waals surface area contributed by atoms with Gasteiger partial charge in [-0.25, -0.2) is 0 Å². The molecule has 17 nitrogen and oxygen atoms in total. The molecule has 0 fully saturated rings. The Bertz CT molecular complexity index is 1620. The van der Waals surface area contributed by atoms with Crippen LogP contribution in [0.25, 0.3) is 0 Å². The van der Waals surface area contributed by atoms with E-state index >= 15 is 0 Å². The average Bonchev–Trinajstić information content (AvgIpc) is 3.22. The second-order valence-corrected chi connectivity index (χ2v) is 23.7. The van der Waals surface area contributed by atoms with Gasteiger partial charge in [-0.15, -0.1) is 12.8 Å². The first-order valence-corrected chi connectivity index (χ1v) is 25.5. The van der Waals surface area contributed by atoms with Gasteiger partial charge < -0.3 is 48.1 Å². The van der Waals surface area contributed by atoms with E-state index in [9.17, 15) is 38.7 Å². The van der Waals surface area contributed by atoms with E-state index < -0.39 is 103 Å². The summed E-state index contributed by atoms with van der Waals surface area (Å²) in [7, 11) is 0.514. The normalized spacial score (nSPS) is 17.1. The van der Waals surface area contributed by atoms with Crippen molar-refractivity contribution in [2.75, 3.05) is 78.9 Å². The Morgan fingerprint density at radius 1 is 0.538 bits per heavy atom. The molecule has 0 heterocycles. The van der Waals surface area contributed by atoms with Gasteiger partial charge in [0.25, 0.3) is 0 Å². The van der Waals surface area contributed by atoms with Gasteiger partial charge in [-0.3, -0.25) is 33.6 Å². The number of hydrogen-bond donors (Lipinski definition) is 2. The van der Waals surface area contributed by atoms with Crippen molar-refractivity contribution in [1.82, 2.24) is 0 Å². The average molecular weight is 1090 g/mol. The van der Waals surface area contributed by atoms with Crippen molar-refractivity contribution in [2.24, 2.45) is 27.1 Å². The quantitative estimate of drug-likeness (QED) is 0.0235. The molecule has 2 N–H and O–H groups in total. The van der Waals surface area contributed by atoms with Crippen LogP contribution in [0.4, 0.5) is 0 Å². The number of ether oxygens (including phenoxy) is 8. The van der Waals surface area contributed by atoms with Gasteiger partial charge in [0.05, 0.1) is 41.5 Å². The van der Waals surface area contributed by atoms with E-state index in [1.165, 1.54) is 48.5 Å². The van der Waals surface area contributed by atoms with Crippen molar-refractivity contribution in [1.29, 1.82) is 0 Å². The summed E-state index contributed by atoms with van der Waals surface area (Å²) in [4.78, 5) is 94.8. The fraction of sp³-hybridized carbons (Fsp3) is 0.750. The van der Waals surface area contributed by atoms with E-state index in [2.05, 4.69) is 43.7 Å². The van der Waals surface area contributed by atoms with Crippen LogP contribution in [0.2, 0.25) is 0 Å². The SMILES string of the molecule is C#CCOC(=O)C(C)(Br)CC(C)(CC(C)(C)C(=O)OCC(C)(COC(=O)C(C)(C)CC(C)(CC(C)(Br)C(=O)OCC#C)C(=O)OCPC)C(=O)OCCOCC(O)CO)C(=O)OCPC. The van der Waals surface area contributed by atoms with Crippen molar-refractivity contribution < 1.29 is 81.7 Å². The molecular weight excluding hydrogens is 1020 g/mol. The third-order valence-electron chi connectivity index (χ3n) is 9.84. The minimum atomic E-state index is -1.86. The molecule has 0 bridgehead atoms. The molecule has 0 aromatic carbocycles. The molecule has 0 rings (SSSR count). The summed E-state index contributed by atoms with van der Waals surface area (Å²) < 4.78 is 40.6. The molecule has 0 aliphatic heterocycles. The van der Waals surface area contributed by atoms with Gasteiger partial charge in [-0.1, -0.05) is 60.9 Å². The van der Waals surface area contributed by atoms with Crippen LogP contribution in [-0.2, 0) is 71.5 Å². The van der Waals surface area contributed by atoms with Crippen LogP contribution in [0.15, 0.2) is 0 Å². The van der Waals surface area contributed by atoms with Gasteiger partial charge >= 0.3 is 41.8 Å². The van der Waals surface area contributed by atoms with Gasteiger partial charge in [0.2, 0.25) is 0 Å². The first-order chi connectivity index (χ1) is 29.9. The molecular formula is C44H68Br2O17P2. The largest absolute Gasteiger partial charge is 0.464 e. The zero-order chi connectivity index (χ0) is 50.5. The minimum absolute atomic E-state index is 0.100. The van der Waals surface area contributed by atoms with Gasteiger partial charge in [0.15, 0.2) is 13.2 Å². The van der Waals surface area contributed by atoms with Crippen molar-refractivity contribution >= 4 is 90.8 Å². The van der Waals surface area contributed by atoms with Crippen LogP contribution in [0.3, 0.4) is 0 Å². The molecule has 370 valence electrons. The Hall–Kier alpha value is -2.89. The number of rotatable bonds is 31. The molecule has 0 radical (unpaired) electrons. The molecule has 0 amide bonds. The zero-order valence-corrected chi connectivity index (χ0v) is 44.6. The van der Waals surface area contributed by atoms with Crippen molar-refractivity contribution in [3.8, 4) is 24.7 Å². The van der Waals surface area contributed by atoms with E-state index in [0.717, 1.165) is 0 Å². The molecule has 7 atom stereocenters. The Kier molecular flexibility index (Phi) is 26.6.